The zero-order valence-corrected chi connectivity index (χ0v) is 21.9. The van der Waals surface area contributed by atoms with Crippen LogP contribution in [0.5, 0.6) is 5.75 Å². The normalized spacial score (nSPS) is 38.1. The highest BCUT2D eigenvalue weighted by Crippen LogP contribution is 2.56. The molecule has 0 heterocycles. The second-order valence-corrected chi connectivity index (χ2v) is 12.1. The molecule has 0 aromatic heterocycles. The van der Waals surface area contributed by atoms with Crippen molar-refractivity contribution in [3.05, 3.63) is 28.8 Å². The van der Waals surface area contributed by atoms with Gasteiger partial charge in [0, 0.05) is 11.5 Å². The summed E-state index contributed by atoms with van der Waals surface area (Å²) in [6, 6.07) is 2.16. The van der Waals surface area contributed by atoms with Gasteiger partial charge in [0.05, 0.1) is 29.5 Å². The maximum atomic E-state index is 14.0. The Morgan fingerprint density at radius 1 is 1.08 bits per heavy atom. The van der Waals surface area contributed by atoms with E-state index in [1.54, 1.807) is 19.1 Å². The zero-order valence-electron chi connectivity index (χ0n) is 21.9. The Balaban J connectivity index is 1.69. The number of phenols is 1. The smallest absolute Gasteiger partial charge is 0.235 e. The summed E-state index contributed by atoms with van der Waals surface area (Å²) < 4.78 is 0. The molecule has 1 aromatic carbocycles. The molecule has 0 spiro atoms. The number of benzene rings is 1. The molecule has 204 valence electrons. The Labute approximate surface area is 220 Å². The summed E-state index contributed by atoms with van der Waals surface area (Å²) >= 11 is 0. The number of carbonyl (C=O) groups is 5. The summed E-state index contributed by atoms with van der Waals surface area (Å²) in [5.74, 6) is -12.9. The second kappa shape index (κ2) is 8.53. The van der Waals surface area contributed by atoms with E-state index < -0.39 is 76.4 Å². The minimum atomic E-state index is -2.99. The number of Topliss-reactive ketones (excluding diaryl/α,β-unsaturated/α-hetero) is 4. The highest BCUT2D eigenvalue weighted by atomic mass is 16.3. The molecule has 5 rings (SSSR count). The fourth-order valence-corrected chi connectivity index (χ4v) is 7.90. The lowest BCUT2D eigenvalue weighted by Crippen LogP contribution is -2.77. The molecule has 4 aliphatic rings. The van der Waals surface area contributed by atoms with Crippen LogP contribution in [0.25, 0.3) is 0 Å². The number of rotatable bonds is 3. The summed E-state index contributed by atoms with van der Waals surface area (Å²) in [5.41, 5.74) is 3.04. The lowest BCUT2D eigenvalue weighted by molar-refractivity contribution is -0.196. The van der Waals surface area contributed by atoms with Crippen molar-refractivity contribution in [2.45, 2.75) is 68.6 Å². The van der Waals surface area contributed by atoms with Gasteiger partial charge in [-0.1, -0.05) is 38.8 Å². The van der Waals surface area contributed by atoms with Gasteiger partial charge in [0.2, 0.25) is 5.91 Å². The third kappa shape index (κ3) is 3.20. The molecule has 6 unspecified atom stereocenters. The predicted molar refractivity (Wildman–Crippen MR) is 133 cm³/mol. The monoisotopic (exact) mass is 526 g/mol. The molecule has 38 heavy (non-hydrogen) atoms. The van der Waals surface area contributed by atoms with Gasteiger partial charge >= 0.3 is 0 Å². The van der Waals surface area contributed by atoms with E-state index in [0.717, 1.165) is 25.7 Å². The van der Waals surface area contributed by atoms with E-state index in [2.05, 4.69) is 0 Å². The molecule has 4 aliphatic carbocycles. The van der Waals surface area contributed by atoms with Crippen LogP contribution in [0.2, 0.25) is 0 Å². The van der Waals surface area contributed by atoms with E-state index in [9.17, 15) is 39.3 Å². The lowest BCUT2D eigenvalue weighted by atomic mass is 9.49. The van der Waals surface area contributed by atoms with Gasteiger partial charge in [-0.05, 0) is 43.8 Å². The zero-order chi connectivity index (χ0) is 28.1. The van der Waals surface area contributed by atoms with Crippen LogP contribution in [0.4, 0.5) is 0 Å². The molecule has 0 radical (unpaired) electrons. The number of likely N-dealkylation sites (N-methyl/N-ethyl adjacent to an activating group) is 1. The Kier molecular flexibility index (Phi) is 5.98. The number of hydrogen-bond acceptors (Lipinski definition) is 9. The van der Waals surface area contributed by atoms with Gasteiger partial charge in [-0.25, -0.2) is 0 Å². The summed E-state index contributed by atoms with van der Waals surface area (Å²) in [5, 5.41) is 34.7. The van der Waals surface area contributed by atoms with Gasteiger partial charge < -0.3 is 21.1 Å². The maximum absolute atomic E-state index is 14.0. The molecule has 0 aliphatic heterocycles. The van der Waals surface area contributed by atoms with Crippen molar-refractivity contribution in [3.8, 4) is 5.75 Å². The van der Waals surface area contributed by atoms with Crippen molar-refractivity contribution >= 4 is 29.0 Å². The average molecular weight is 527 g/mol. The first-order valence-corrected chi connectivity index (χ1v) is 13.1. The number of nitrogens with zero attached hydrogens (tertiary/aromatic N) is 1. The first-order valence-electron chi connectivity index (χ1n) is 13.1. The Morgan fingerprint density at radius 2 is 1.68 bits per heavy atom. The van der Waals surface area contributed by atoms with E-state index in [0.29, 0.717) is 11.1 Å². The van der Waals surface area contributed by atoms with Crippen molar-refractivity contribution in [2.75, 3.05) is 14.1 Å². The molecule has 3 saturated carbocycles. The number of ketones is 4. The van der Waals surface area contributed by atoms with Gasteiger partial charge in [-0.2, -0.15) is 0 Å². The maximum Gasteiger partial charge on any atom is 0.235 e. The van der Waals surface area contributed by atoms with Crippen LogP contribution in [0.1, 0.15) is 66.9 Å². The van der Waals surface area contributed by atoms with Crippen LogP contribution < -0.4 is 5.73 Å². The Morgan fingerprint density at radius 3 is 2.24 bits per heavy atom. The third-order valence-electron chi connectivity index (χ3n) is 9.85. The average Bonchev–Trinajstić information content (AvgIpc) is 3.28. The molecular formula is C28H34N2O8. The van der Waals surface area contributed by atoms with Gasteiger partial charge in [0.25, 0.3) is 0 Å². The minimum absolute atomic E-state index is 0.0399. The van der Waals surface area contributed by atoms with Crippen LogP contribution in [-0.2, 0) is 24.6 Å². The topological polar surface area (TPSA) is 175 Å². The number of amides is 1. The lowest BCUT2D eigenvalue weighted by Gasteiger charge is -2.56. The number of hydrogen-bond donors (Lipinski definition) is 4. The number of carbonyl (C=O) groups excluding carboxylic acids is 5. The summed E-state index contributed by atoms with van der Waals surface area (Å²) in [7, 11) is 2.93. The first kappa shape index (κ1) is 26.6. The quantitative estimate of drug-likeness (QED) is 0.402. The molecule has 10 nitrogen and oxygen atoms in total. The fraction of sp³-hybridized carbons (Fsp3) is 0.607. The standard InChI is InChI=1S/C28H34N2O8/c1-11-12-7-8-13(27(2)9-5-6-10-27)20(31)15(12)21(32)16-14(11)22(33)18-19(30(3)4)23(34)17(26(29)37)25(36)28(18,38)24(16)35/h7-8,11,14,16-19,22,31,33,38H,5-6,9-10H2,1-4H3,(H2,29,37)/t11?,14?,16?,17?,18?,19-,22?,28-/m0/s1. The number of aliphatic hydroxyl groups excluding tert-OH is 1. The van der Waals surface area contributed by atoms with E-state index in [1.807, 2.05) is 6.92 Å². The van der Waals surface area contributed by atoms with Crippen molar-refractivity contribution in [1.29, 1.82) is 0 Å². The molecule has 8 atom stereocenters. The molecule has 10 heteroatoms. The first-order chi connectivity index (χ1) is 17.7. The van der Waals surface area contributed by atoms with Crippen molar-refractivity contribution in [3.63, 3.8) is 0 Å². The number of primary amides is 1. The minimum Gasteiger partial charge on any atom is -0.507 e. The van der Waals surface area contributed by atoms with E-state index in [-0.39, 0.29) is 16.7 Å². The second-order valence-electron chi connectivity index (χ2n) is 12.1. The molecule has 1 amide bonds. The summed E-state index contributed by atoms with van der Waals surface area (Å²) in [6.45, 7) is 3.73. The SMILES string of the molecule is CC1c2ccc(C3(C)CCCC3)c(O)c2C(=O)C2C(=O)[C@]3(O)C(=O)C(C(N)=O)C(=O)[C@@H](N(C)C)C3C(O)C21. The molecule has 0 bridgehead atoms. The van der Waals surface area contributed by atoms with Crippen molar-refractivity contribution < 1.29 is 39.3 Å². The van der Waals surface area contributed by atoms with Crippen LogP contribution in [0.15, 0.2) is 12.1 Å². The van der Waals surface area contributed by atoms with Gasteiger partial charge in [0.1, 0.15) is 5.75 Å². The fourth-order valence-electron chi connectivity index (χ4n) is 7.90. The molecule has 5 N–H and O–H groups in total. The highest BCUT2D eigenvalue weighted by molar-refractivity contribution is 6.32. The number of fused-ring (bicyclic) bond motifs is 3. The van der Waals surface area contributed by atoms with Crippen LogP contribution >= 0.6 is 0 Å². The molecular weight excluding hydrogens is 492 g/mol. The number of phenolic OH excluding ortho intramolecular Hbond substituents is 1. The Bertz CT molecular complexity index is 1280. The summed E-state index contributed by atoms with van der Waals surface area (Å²) in [4.78, 5) is 68.1. The number of aliphatic hydroxyl groups is 2. The number of nitrogens with two attached hydrogens (primary N) is 1. The molecule has 3 fully saturated rings. The largest absolute Gasteiger partial charge is 0.507 e. The van der Waals surface area contributed by atoms with Crippen molar-refractivity contribution in [2.24, 2.45) is 29.4 Å². The third-order valence-corrected chi connectivity index (χ3v) is 9.85. The summed E-state index contributed by atoms with van der Waals surface area (Å²) in [6.07, 6.45) is 2.00. The van der Waals surface area contributed by atoms with Crippen LogP contribution in [-0.4, -0.2) is 81.1 Å². The van der Waals surface area contributed by atoms with Crippen LogP contribution in [0, 0.1) is 23.7 Å². The highest BCUT2D eigenvalue weighted by Gasteiger charge is 2.73. The van der Waals surface area contributed by atoms with Gasteiger partial charge in [-0.15, -0.1) is 0 Å². The van der Waals surface area contributed by atoms with E-state index in [4.69, 9.17) is 5.73 Å². The Hall–Kier alpha value is -2.95. The predicted octanol–water partition coefficient (Wildman–Crippen LogP) is 0.231. The van der Waals surface area contributed by atoms with Gasteiger partial charge in [-0.3, -0.25) is 28.9 Å². The molecule has 1 aromatic rings. The van der Waals surface area contributed by atoms with Crippen molar-refractivity contribution in [1.82, 2.24) is 4.90 Å². The number of aromatic hydroxyl groups is 1. The van der Waals surface area contributed by atoms with E-state index in [1.165, 1.54) is 19.0 Å². The van der Waals surface area contributed by atoms with Crippen LogP contribution in [0.3, 0.4) is 0 Å². The molecule has 0 saturated heterocycles. The van der Waals surface area contributed by atoms with E-state index >= 15 is 0 Å². The van der Waals surface area contributed by atoms with Gasteiger partial charge in [0.15, 0.2) is 34.7 Å².